The molecule has 0 aliphatic carbocycles. The number of benzene rings is 2. The van der Waals surface area contributed by atoms with E-state index in [0.29, 0.717) is 0 Å². The van der Waals surface area contributed by atoms with Crippen LogP contribution in [0.3, 0.4) is 0 Å². The number of likely N-dealkylation sites (N-methyl/N-ethyl adjacent to an activating group) is 1. The second-order valence-corrected chi connectivity index (χ2v) is 4.94. The maximum absolute atomic E-state index is 13.7. The Morgan fingerprint density at radius 2 is 1.73 bits per heavy atom. The lowest BCUT2D eigenvalue weighted by molar-refractivity contribution is -0.114. The first-order valence-electron chi connectivity index (χ1n) is 7.28. The zero-order valence-corrected chi connectivity index (χ0v) is 13.8. The molecule has 0 aliphatic heterocycles. The summed E-state index contributed by atoms with van der Waals surface area (Å²) < 4.78 is 58.8. The predicted octanol–water partition coefficient (Wildman–Crippen LogP) is 2.92. The minimum Gasteiger partial charge on any atom is -0.483 e. The number of rotatable bonds is 6. The molecule has 2 rings (SSSR count). The van der Waals surface area contributed by atoms with E-state index in [-0.39, 0.29) is 22.9 Å². The normalized spacial score (nSPS) is 11.2. The van der Waals surface area contributed by atoms with Crippen molar-refractivity contribution in [2.45, 2.75) is 6.61 Å². The largest absolute Gasteiger partial charge is 0.483 e. The minimum atomic E-state index is -1.65. The second kappa shape index (κ2) is 8.32. The molecule has 0 fully saturated rings. The summed E-state index contributed by atoms with van der Waals surface area (Å²) in [5.74, 6) is -8.24. The van der Waals surface area contributed by atoms with Crippen molar-refractivity contribution in [3.05, 3.63) is 64.7 Å². The highest BCUT2D eigenvalue weighted by Crippen LogP contribution is 2.27. The third-order valence-corrected chi connectivity index (χ3v) is 3.34. The van der Waals surface area contributed by atoms with Gasteiger partial charge in [0.1, 0.15) is 13.7 Å². The molecule has 9 heteroatoms. The van der Waals surface area contributed by atoms with Crippen molar-refractivity contribution in [1.82, 2.24) is 5.32 Å². The summed E-state index contributed by atoms with van der Waals surface area (Å²) >= 11 is 0. The van der Waals surface area contributed by atoms with E-state index in [9.17, 15) is 22.4 Å². The molecule has 1 amide bonds. The lowest BCUT2D eigenvalue weighted by atomic mass is 10.0. The first-order chi connectivity index (χ1) is 12.4. The molecule has 0 bridgehead atoms. The first kappa shape index (κ1) is 19.2. The summed E-state index contributed by atoms with van der Waals surface area (Å²) in [5, 5.41) is 6.00. The van der Waals surface area contributed by atoms with Gasteiger partial charge in [-0.1, -0.05) is 29.4 Å². The Labute approximate surface area is 146 Å². The number of hydrogen-bond acceptors (Lipinski definition) is 4. The molecular weight excluding hydrogens is 356 g/mol. The van der Waals surface area contributed by atoms with E-state index >= 15 is 0 Å². The summed E-state index contributed by atoms with van der Waals surface area (Å²) in [6, 6.07) is 6.26. The summed E-state index contributed by atoms with van der Waals surface area (Å²) in [4.78, 5) is 16.6. The van der Waals surface area contributed by atoms with Gasteiger partial charge < -0.3 is 14.9 Å². The molecule has 0 heterocycles. The van der Waals surface area contributed by atoms with Crippen LogP contribution in [0.15, 0.2) is 35.5 Å². The SMILES string of the molecule is CNC(=O)C(=NOC)c1ccccc1COc1c(F)c(F)cc(F)c1F. The van der Waals surface area contributed by atoms with Crippen LogP contribution in [-0.2, 0) is 16.2 Å². The maximum Gasteiger partial charge on any atom is 0.273 e. The van der Waals surface area contributed by atoms with Crippen molar-refractivity contribution in [1.29, 1.82) is 0 Å². The molecule has 0 aromatic heterocycles. The third-order valence-electron chi connectivity index (χ3n) is 3.34. The van der Waals surface area contributed by atoms with Crippen LogP contribution >= 0.6 is 0 Å². The lowest BCUT2D eigenvalue weighted by Crippen LogP contribution is -2.29. The molecule has 0 radical (unpaired) electrons. The van der Waals surface area contributed by atoms with Gasteiger partial charge in [0.05, 0.1) is 0 Å². The quantitative estimate of drug-likeness (QED) is 0.368. The molecule has 1 N–H and O–H groups in total. The van der Waals surface area contributed by atoms with Crippen LogP contribution in [0.2, 0.25) is 0 Å². The highest BCUT2D eigenvalue weighted by atomic mass is 19.2. The van der Waals surface area contributed by atoms with Crippen molar-refractivity contribution in [2.75, 3.05) is 14.2 Å². The smallest absolute Gasteiger partial charge is 0.273 e. The van der Waals surface area contributed by atoms with E-state index in [4.69, 9.17) is 4.74 Å². The molecule has 5 nitrogen and oxygen atoms in total. The molecule has 138 valence electrons. The van der Waals surface area contributed by atoms with Gasteiger partial charge in [-0.15, -0.1) is 0 Å². The number of ether oxygens (including phenoxy) is 1. The van der Waals surface area contributed by atoms with Gasteiger partial charge in [-0.3, -0.25) is 4.79 Å². The number of nitrogens with zero attached hydrogens (tertiary/aromatic N) is 1. The standard InChI is InChI=1S/C17H14F4N2O3/c1-22-17(24)15(23-25-2)10-6-4-3-5-9(10)8-26-16-13(20)11(18)7-12(19)14(16)21/h3-7H,8H2,1-2H3,(H,22,24). The number of hydrogen-bond donors (Lipinski definition) is 1. The van der Waals surface area contributed by atoms with Crippen LogP contribution in [0.5, 0.6) is 5.75 Å². The number of carbonyl (C=O) groups is 1. The first-order valence-corrected chi connectivity index (χ1v) is 7.28. The van der Waals surface area contributed by atoms with Crippen LogP contribution in [0, 0.1) is 23.3 Å². The van der Waals surface area contributed by atoms with Crippen LogP contribution in [0.4, 0.5) is 17.6 Å². The molecule has 0 unspecified atom stereocenters. The van der Waals surface area contributed by atoms with Gasteiger partial charge in [-0.25, -0.2) is 8.78 Å². The number of nitrogens with one attached hydrogen (secondary N) is 1. The molecule has 0 saturated carbocycles. The fraction of sp³-hybridized carbons (Fsp3) is 0.176. The lowest BCUT2D eigenvalue weighted by Gasteiger charge is -2.13. The number of carbonyl (C=O) groups excluding carboxylic acids is 1. The molecule has 0 atom stereocenters. The van der Waals surface area contributed by atoms with E-state index in [1.54, 1.807) is 12.1 Å². The average Bonchev–Trinajstić information content (AvgIpc) is 2.64. The van der Waals surface area contributed by atoms with Gasteiger partial charge in [-0.2, -0.15) is 8.78 Å². The van der Waals surface area contributed by atoms with Gasteiger partial charge in [0.15, 0.2) is 23.1 Å². The van der Waals surface area contributed by atoms with Gasteiger partial charge in [0.25, 0.3) is 5.91 Å². The van der Waals surface area contributed by atoms with Crippen molar-refractivity contribution in [3.63, 3.8) is 0 Å². The van der Waals surface area contributed by atoms with E-state index in [1.165, 1.54) is 26.3 Å². The Balaban J connectivity index is 2.39. The van der Waals surface area contributed by atoms with Crippen LogP contribution < -0.4 is 10.1 Å². The third kappa shape index (κ3) is 3.93. The predicted molar refractivity (Wildman–Crippen MR) is 84.7 cm³/mol. The summed E-state index contributed by atoms with van der Waals surface area (Å²) in [7, 11) is 2.62. The van der Waals surface area contributed by atoms with E-state index in [2.05, 4.69) is 15.3 Å². The monoisotopic (exact) mass is 370 g/mol. The van der Waals surface area contributed by atoms with Gasteiger partial charge in [0, 0.05) is 18.7 Å². The Kier molecular flexibility index (Phi) is 6.16. The fourth-order valence-corrected chi connectivity index (χ4v) is 2.13. The van der Waals surface area contributed by atoms with Crippen LogP contribution in [0.25, 0.3) is 0 Å². The summed E-state index contributed by atoms with van der Waals surface area (Å²) in [6.45, 7) is -0.480. The zero-order chi connectivity index (χ0) is 19.3. The van der Waals surface area contributed by atoms with Crippen molar-refractivity contribution < 1.29 is 31.9 Å². The minimum absolute atomic E-state index is 0.0837. The number of halogens is 4. The van der Waals surface area contributed by atoms with Gasteiger partial charge >= 0.3 is 0 Å². The topological polar surface area (TPSA) is 59.9 Å². The van der Waals surface area contributed by atoms with Gasteiger partial charge in [-0.05, 0) is 5.56 Å². The van der Waals surface area contributed by atoms with E-state index < -0.39 is 41.5 Å². The van der Waals surface area contributed by atoms with Crippen LogP contribution in [0.1, 0.15) is 11.1 Å². The molecule has 2 aromatic rings. The molecular formula is C17H14F4N2O3. The Morgan fingerprint density at radius 3 is 2.31 bits per heavy atom. The Morgan fingerprint density at radius 1 is 1.12 bits per heavy atom. The second-order valence-electron chi connectivity index (χ2n) is 4.94. The summed E-state index contributed by atoms with van der Waals surface area (Å²) in [5.41, 5.74) is 0.433. The molecule has 0 spiro atoms. The molecule has 26 heavy (non-hydrogen) atoms. The van der Waals surface area contributed by atoms with Crippen molar-refractivity contribution in [3.8, 4) is 5.75 Å². The van der Waals surface area contributed by atoms with Crippen LogP contribution in [-0.4, -0.2) is 25.8 Å². The fourth-order valence-electron chi connectivity index (χ4n) is 2.13. The molecule has 0 aliphatic rings. The Hall–Kier alpha value is -3.10. The van der Waals surface area contributed by atoms with Crippen molar-refractivity contribution >= 4 is 11.6 Å². The van der Waals surface area contributed by atoms with E-state index in [1.807, 2.05) is 0 Å². The van der Waals surface area contributed by atoms with Crippen molar-refractivity contribution in [2.24, 2.45) is 5.16 Å². The highest BCUT2D eigenvalue weighted by molar-refractivity contribution is 6.45. The van der Waals surface area contributed by atoms with Gasteiger partial charge in [0.2, 0.25) is 11.6 Å². The number of oxime groups is 1. The number of amides is 1. The zero-order valence-electron chi connectivity index (χ0n) is 13.8. The molecule has 0 saturated heterocycles. The van der Waals surface area contributed by atoms with E-state index in [0.717, 1.165) is 0 Å². The maximum atomic E-state index is 13.7. The molecule has 2 aromatic carbocycles. The summed E-state index contributed by atoms with van der Waals surface area (Å²) in [6.07, 6.45) is 0. The Bertz CT molecular complexity index is 830. The average molecular weight is 370 g/mol. The highest BCUT2D eigenvalue weighted by Gasteiger charge is 2.22.